The molecule has 2 aromatic carbocycles. The Balaban J connectivity index is 1.65. The van der Waals surface area contributed by atoms with Crippen molar-refractivity contribution in [1.29, 1.82) is 0 Å². The van der Waals surface area contributed by atoms with Crippen molar-refractivity contribution in [2.24, 2.45) is 0 Å². The van der Waals surface area contributed by atoms with Crippen LogP contribution in [-0.2, 0) is 33.3 Å². The van der Waals surface area contributed by atoms with Crippen molar-refractivity contribution < 1.29 is 31.5 Å². The zero-order valence-electron chi connectivity index (χ0n) is 15.7. The third-order valence-corrected chi connectivity index (χ3v) is 6.95. The molecular formula is C20H19F3N2O4S. The van der Waals surface area contributed by atoms with Crippen LogP contribution in [0, 0.1) is 0 Å². The Bertz CT molecular complexity index is 1100. The van der Waals surface area contributed by atoms with Crippen molar-refractivity contribution in [2.75, 3.05) is 18.0 Å². The van der Waals surface area contributed by atoms with Gasteiger partial charge in [0.05, 0.1) is 17.1 Å². The van der Waals surface area contributed by atoms with Crippen LogP contribution < -0.4 is 9.62 Å². The van der Waals surface area contributed by atoms with Gasteiger partial charge in [-0.3, -0.25) is 4.79 Å². The number of carbonyl (C=O) groups excluding carboxylic acids is 1. The minimum absolute atomic E-state index is 0.0203. The lowest BCUT2D eigenvalue weighted by Gasteiger charge is -2.31. The van der Waals surface area contributed by atoms with Gasteiger partial charge < -0.3 is 10.0 Å². The Hall–Kier alpha value is -2.43. The number of nitrogens with one attached hydrogen (secondary N) is 1. The first-order valence-electron chi connectivity index (χ1n) is 9.33. The molecule has 0 saturated carbocycles. The predicted octanol–water partition coefficient (Wildman–Crippen LogP) is 2.25. The molecule has 2 aromatic rings. The molecule has 0 spiro atoms. The number of benzene rings is 2. The second-order valence-corrected chi connectivity index (χ2v) is 9.20. The van der Waals surface area contributed by atoms with E-state index in [0.717, 1.165) is 12.1 Å². The number of sulfonamides is 1. The molecule has 4 rings (SSSR count). The third-order valence-electron chi connectivity index (χ3n) is 5.57. The molecule has 0 aromatic heterocycles. The van der Waals surface area contributed by atoms with Gasteiger partial charge in [0.2, 0.25) is 15.9 Å². The summed E-state index contributed by atoms with van der Waals surface area (Å²) < 4.78 is 68.4. The topological polar surface area (TPSA) is 86.7 Å². The fraction of sp³-hybridized carbons (Fsp3) is 0.350. The smallest absolute Gasteiger partial charge is 0.375 e. The van der Waals surface area contributed by atoms with Gasteiger partial charge in [0.25, 0.3) is 0 Å². The van der Waals surface area contributed by atoms with Gasteiger partial charge in [0.15, 0.2) is 5.60 Å². The van der Waals surface area contributed by atoms with Crippen LogP contribution in [0.1, 0.15) is 23.1 Å². The second kappa shape index (κ2) is 7.07. The van der Waals surface area contributed by atoms with Crippen LogP contribution in [-0.4, -0.2) is 38.7 Å². The molecule has 1 unspecified atom stereocenters. The van der Waals surface area contributed by atoms with Crippen LogP contribution >= 0.6 is 0 Å². The highest BCUT2D eigenvalue weighted by Crippen LogP contribution is 2.40. The summed E-state index contributed by atoms with van der Waals surface area (Å²) in [6, 6.07) is 9.11. The summed E-state index contributed by atoms with van der Waals surface area (Å²) in [7, 11) is -4.34. The number of hydrogen-bond acceptors (Lipinski definition) is 4. The van der Waals surface area contributed by atoms with Crippen molar-refractivity contribution in [3.63, 3.8) is 0 Å². The van der Waals surface area contributed by atoms with Crippen molar-refractivity contribution >= 4 is 21.6 Å². The Morgan fingerprint density at radius 1 is 1.03 bits per heavy atom. The molecule has 2 heterocycles. The Morgan fingerprint density at radius 3 is 2.30 bits per heavy atom. The molecular weight excluding hydrogens is 421 g/mol. The summed E-state index contributed by atoms with van der Waals surface area (Å²) in [6.07, 6.45) is -3.99. The number of carbonyl (C=O) groups is 1. The van der Waals surface area contributed by atoms with Gasteiger partial charge in [-0.2, -0.15) is 13.2 Å². The molecule has 10 heteroatoms. The van der Waals surface area contributed by atoms with Gasteiger partial charge in [-0.15, -0.1) is 0 Å². The molecule has 0 aliphatic carbocycles. The van der Waals surface area contributed by atoms with Gasteiger partial charge in [-0.1, -0.05) is 30.3 Å². The first-order chi connectivity index (χ1) is 14.0. The minimum atomic E-state index is -5.10. The van der Waals surface area contributed by atoms with Crippen LogP contribution in [0.5, 0.6) is 0 Å². The van der Waals surface area contributed by atoms with E-state index in [1.54, 1.807) is 4.90 Å². The summed E-state index contributed by atoms with van der Waals surface area (Å²) in [4.78, 5) is 13.5. The predicted molar refractivity (Wildman–Crippen MR) is 102 cm³/mol. The number of anilines is 1. The average Bonchev–Trinajstić information content (AvgIpc) is 3.14. The molecule has 160 valence electrons. The van der Waals surface area contributed by atoms with E-state index in [1.807, 2.05) is 4.72 Å². The fourth-order valence-corrected chi connectivity index (χ4v) is 5.10. The standard InChI is InChI=1S/C20H19F3N2O4S/c21-20(22,23)19(27,15-4-2-1-3-5-15)12-24-30(28,29)16-10-13-6-7-17(26)25-9-8-14(11-16)18(13)25/h1-5,10-11,24,27H,6-9,12H2. The SMILES string of the molecule is O=C1CCc2cc(S(=O)(=O)NCC(O)(c3ccccc3)C(F)(F)F)cc3c2N1CC3. The van der Waals surface area contributed by atoms with Crippen LogP contribution in [0.3, 0.4) is 0 Å². The lowest BCUT2D eigenvalue weighted by Crippen LogP contribution is -2.51. The lowest BCUT2D eigenvalue weighted by molar-refractivity contribution is -0.263. The monoisotopic (exact) mass is 440 g/mol. The summed E-state index contributed by atoms with van der Waals surface area (Å²) in [5, 5.41) is 10.4. The lowest BCUT2D eigenvalue weighted by atomic mass is 9.93. The Kier molecular flexibility index (Phi) is 4.91. The summed E-state index contributed by atoms with van der Waals surface area (Å²) >= 11 is 0. The highest BCUT2D eigenvalue weighted by atomic mass is 32.2. The molecule has 1 atom stereocenters. The van der Waals surface area contributed by atoms with Crippen LogP contribution in [0.2, 0.25) is 0 Å². The van der Waals surface area contributed by atoms with E-state index in [1.165, 1.54) is 30.3 Å². The number of amides is 1. The molecule has 1 amide bonds. The number of aliphatic hydroxyl groups is 1. The summed E-state index contributed by atoms with van der Waals surface area (Å²) in [6.45, 7) is -0.806. The quantitative estimate of drug-likeness (QED) is 0.747. The number of hydrogen-bond donors (Lipinski definition) is 2. The zero-order chi connectivity index (χ0) is 21.7. The van der Waals surface area contributed by atoms with E-state index >= 15 is 0 Å². The maximum Gasteiger partial charge on any atom is 0.422 e. The second-order valence-electron chi connectivity index (χ2n) is 7.43. The van der Waals surface area contributed by atoms with Crippen molar-refractivity contribution in [1.82, 2.24) is 4.72 Å². The molecule has 30 heavy (non-hydrogen) atoms. The molecule has 0 radical (unpaired) electrons. The van der Waals surface area contributed by atoms with Gasteiger partial charge >= 0.3 is 6.18 Å². The molecule has 2 N–H and O–H groups in total. The molecule has 2 aliphatic rings. The number of halogens is 3. The number of alkyl halides is 3. The van der Waals surface area contributed by atoms with Crippen LogP contribution in [0.4, 0.5) is 18.9 Å². The van der Waals surface area contributed by atoms with Gasteiger partial charge in [-0.05, 0) is 41.7 Å². The highest BCUT2D eigenvalue weighted by molar-refractivity contribution is 7.89. The highest BCUT2D eigenvalue weighted by Gasteiger charge is 2.55. The van der Waals surface area contributed by atoms with Crippen molar-refractivity contribution in [2.45, 2.75) is 35.9 Å². The van der Waals surface area contributed by atoms with E-state index < -0.39 is 33.9 Å². The fourth-order valence-electron chi connectivity index (χ4n) is 3.94. The van der Waals surface area contributed by atoms with E-state index in [0.29, 0.717) is 36.2 Å². The van der Waals surface area contributed by atoms with E-state index in [2.05, 4.69) is 0 Å². The molecule has 0 bridgehead atoms. The summed E-state index contributed by atoms with van der Waals surface area (Å²) in [5.74, 6) is -0.0203. The van der Waals surface area contributed by atoms with Crippen molar-refractivity contribution in [3.05, 3.63) is 59.2 Å². The molecule has 0 fully saturated rings. The van der Waals surface area contributed by atoms with Crippen LogP contribution in [0.15, 0.2) is 47.4 Å². The van der Waals surface area contributed by atoms with E-state index in [9.17, 15) is 31.5 Å². The van der Waals surface area contributed by atoms with Gasteiger partial charge in [0.1, 0.15) is 0 Å². The normalized spacial score (nSPS) is 18.3. The van der Waals surface area contributed by atoms with E-state index in [4.69, 9.17) is 0 Å². The Morgan fingerprint density at radius 2 is 1.67 bits per heavy atom. The first kappa shape index (κ1) is 20.8. The maximum atomic E-state index is 13.6. The molecule has 2 aliphatic heterocycles. The largest absolute Gasteiger partial charge is 0.422 e. The first-order valence-corrected chi connectivity index (χ1v) is 10.8. The average molecular weight is 440 g/mol. The maximum absolute atomic E-state index is 13.6. The van der Waals surface area contributed by atoms with E-state index in [-0.39, 0.29) is 17.2 Å². The van der Waals surface area contributed by atoms with Gasteiger partial charge in [0, 0.05) is 13.0 Å². The number of aryl methyl sites for hydroxylation is 1. The van der Waals surface area contributed by atoms with Crippen molar-refractivity contribution in [3.8, 4) is 0 Å². The molecule has 6 nitrogen and oxygen atoms in total. The summed E-state index contributed by atoms with van der Waals surface area (Å²) in [5.41, 5.74) is -1.77. The Labute approximate surface area is 171 Å². The van der Waals surface area contributed by atoms with Crippen LogP contribution in [0.25, 0.3) is 0 Å². The molecule has 0 saturated heterocycles. The minimum Gasteiger partial charge on any atom is -0.375 e. The third kappa shape index (κ3) is 3.38. The zero-order valence-corrected chi connectivity index (χ0v) is 16.6. The van der Waals surface area contributed by atoms with Gasteiger partial charge in [-0.25, -0.2) is 13.1 Å². The number of rotatable bonds is 5. The number of nitrogens with zero attached hydrogens (tertiary/aromatic N) is 1.